The Labute approximate surface area is 102 Å². The third-order valence-corrected chi connectivity index (χ3v) is 2.46. The third-order valence-electron chi connectivity index (χ3n) is 2.46. The Balaban J connectivity index is 2.17. The van der Waals surface area contributed by atoms with E-state index in [-0.39, 0.29) is 11.5 Å². The van der Waals surface area contributed by atoms with E-state index in [9.17, 15) is 4.79 Å². The average Bonchev–Trinajstić information content (AvgIpc) is 3.00. The molecule has 0 atom stereocenters. The van der Waals surface area contributed by atoms with Crippen LogP contribution in [0.25, 0.3) is 0 Å². The number of carbonyl (C=O) groups excluding carboxylic acids is 1. The van der Waals surface area contributed by atoms with Crippen molar-refractivity contribution in [3.63, 3.8) is 0 Å². The van der Waals surface area contributed by atoms with Gasteiger partial charge in [0.2, 0.25) is 0 Å². The van der Waals surface area contributed by atoms with Gasteiger partial charge in [-0.15, -0.1) is 0 Å². The number of nitrogens with one attached hydrogen (secondary N) is 1. The summed E-state index contributed by atoms with van der Waals surface area (Å²) < 4.78 is 5.80. The van der Waals surface area contributed by atoms with Crippen molar-refractivity contribution in [1.29, 1.82) is 0 Å². The number of hydrogen-bond acceptors (Lipinski definition) is 2. The standard InChI is InChI=1S/C14H19NO2/c1-14(2,3)17-12-7-5-4-6-11(12)13(16)15-10-8-9-10/h4-7,10H,8-9H2,1-3H3,(H,15,16). The maximum Gasteiger partial charge on any atom is 0.255 e. The van der Waals surface area contributed by atoms with Crippen LogP contribution in [0.1, 0.15) is 44.0 Å². The first-order valence-corrected chi connectivity index (χ1v) is 6.04. The summed E-state index contributed by atoms with van der Waals surface area (Å²) in [4.78, 5) is 12.0. The van der Waals surface area contributed by atoms with E-state index in [0.717, 1.165) is 12.8 Å². The van der Waals surface area contributed by atoms with Gasteiger partial charge in [0.1, 0.15) is 11.4 Å². The minimum Gasteiger partial charge on any atom is -0.487 e. The molecular weight excluding hydrogens is 214 g/mol. The fourth-order valence-corrected chi connectivity index (χ4v) is 1.56. The molecule has 0 saturated heterocycles. The molecule has 1 aliphatic carbocycles. The second kappa shape index (κ2) is 4.40. The quantitative estimate of drug-likeness (QED) is 0.871. The molecule has 0 bridgehead atoms. The molecule has 3 nitrogen and oxygen atoms in total. The van der Waals surface area contributed by atoms with E-state index in [0.29, 0.717) is 17.4 Å². The topological polar surface area (TPSA) is 38.3 Å². The zero-order valence-electron chi connectivity index (χ0n) is 10.6. The fraction of sp³-hybridized carbons (Fsp3) is 0.500. The Morgan fingerprint density at radius 2 is 1.94 bits per heavy atom. The van der Waals surface area contributed by atoms with Crippen LogP contribution < -0.4 is 10.1 Å². The molecule has 0 radical (unpaired) electrons. The first-order chi connectivity index (χ1) is 7.96. The zero-order chi connectivity index (χ0) is 12.5. The van der Waals surface area contributed by atoms with Crippen LogP contribution in [0.3, 0.4) is 0 Å². The van der Waals surface area contributed by atoms with Crippen LogP contribution in [-0.4, -0.2) is 17.6 Å². The molecule has 2 rings (SSSR count). The molecule has 1 saturated carbocycles. The maximum absolute atomic E-state index is 12.0. The summed E-state index contributed by atoms with van der Waals surface area (Å²) in [5.41, 5.74) is 0.324. The summed E-state index contributed by atoms with van der Waals surface area (Å²) in [6.45, 7) is 5.92. The molecular formula is C14H19NO2. The largest absolute Gasteiger partial charge is 0.487 e. The van der Waals surface area contributed by atoms with Gasteiger partial charge in [0.15, 0.2) is 0 Å². The van der Waals surface area contributed by atoms with Crippen LogP contribution >= 0.6 is 0 Å². The Hall–Kier alpha value is -1.51. The first kappa shape index (κ1) is 12.0. The summed E-state index contributed by atoms with van der Waals surface area (Å²) in [5, 5.41) is 2.98. The van der Waals surface area contributed by atoms with Crippen LogP contribution in [0.5, 0.6) is 5.75 Å². The summed E-state index contributed by atoms with van der Waals surface area (Å²) in [5.74, 6) is 0.616. The zero-order valence-corrected chi connectivity index (χ0v) is 10.6. The summed E-state index contributed by atoms with van der Waals surface area (Å²) in [7, 11) is 0. The van der Waals surface area contributed by atoms with Crippen molar-refractivity contribution in [3.8, 4) is 5.75 Å². The Bertz CT molecular complexity index is 416. The van der Waals surface area contributed by atoms with Crippen molar-refractivity contribution in [1.82, 2.24) is 5.32 Å². The second-order valence-corrected chi connectivity index (χ2v) is 5.46. The number of para-hydroxylation sites is 1. The minimum atomic E-state index is -0.296. The van der Waals surface area contributed by atoms with Gasteiger partial charge in [0, 0.05) is 6.04 Å². The highest BCUT2D eigenvalue weighted by Crippen LogP contribution is 2.25. The highest BCUT2D eigenvalue weighted by molar-refractivity contribution is 5.97. The van der Waals surface area contributed by atoms with Gasteiger partial charge in [-0.2, -0.15) is 0 Å². The predicted octanol–water partition coefficient (Wildman–Crippen LogP) is 2.76. The number of rotatable bonds is 3. The number of hydrogen-bond donors (Lipinski definition) is 1. The first-order valence-electron chi connectivity index (χ1n) is 6.04. The SMILES string of the molecule is CC(C)(C)Oc1ccccc1C(=O)NC1CC1. The molecule has 1 amide bonds. The van der Waals surface area contributed by atoms with E-state index < -0.39 is 0 Å². The summed E-state index contributed by atoms with van der Waals surface area (Å²) in [6, 6.07) is 7.75. The predicted molar refractivity (Wildman–Crippen MR) is 67.3 cm³/mol. The fourth-order valence-electron chi connectivity index (χ4n) is 1.56. The van der Waals surface area contributed by atoms with E-state index in [1.807, 2.05) is 39.0 Å². The van der Waals surface area contributed by atoms with Gasteiger partial charge in [-0.25, -0.2) is 0 Å². The molecule has 17 heavy (non-hydrogen) atoms. The summed E-state index contributed by atoms with van der Waals surface area (Å²) >= 11 is 0. The molecule has 1 fully saturated rings. The summed E-state index contributed by atoms with van der Waals surface area (Å²) in [6.07, 6.45) is 2.18. The van der Waals surface area contributed by atoms with Gasteiger partial charge in [0.25, 0.3) is 5.91 Å². The second-order valence-electron chi connectivity index (χ2n) is 5.46. The average molecular weight is 233 g/mol. The van der Waals surface area contributed by atoms with Crippen molar-refractivity contribution < 1.29 is 9.53 Å². The number of amides is 1. The van der Waals surface area contributed by atoms with Gasteiger partial charge in [-0.05, 0) is 45.7 Å². The lowest BCUT2D eigenvalue weighted by molar-refractivity contribution is 0.0930. The van der Waals surface area contributed by atoms with Crippen LogP contribution in [0.15, 0.2) is 24.3 Å². The smallest absolute Gasteiger partial charge is 0.255 e. The lowest BCUT2D eigenvalue weighted by atomic mass is 10.1. The molecule has 0 aliphatic heterocycles. The van der Waals surface area contributed by atoms with Crippen molar-refractivity contribution >= 4 is 5.91 Å². The van der Waals surface area contributed by atoms with Gasteiger partial charge >= 0.3 is 0 Å². The molecule has 0 spiro atoms. The van der Waals surface area contributed by atoms with Gasteiger partial charge in [0.05, 0.1) is 5.56 Å². The highest BCUT2D eigenvalue weighted by atomic mass is 16.5. The van der Waals surface area contributed by atoms with Crippen LogP contribution in [0, 0.1) is 0 Å². The normalized spacial score (nSPS) is 15.5. The lowest BCUT2D eigenvalue weighted by Crippen LogP contribution is -2.28. The molecule has 0 aromatic heterocycles. The molecule has 1 aromatic carbocycles. The Morgan fingerprint density at radius 3 is 2.53 bits per heavy atom. The van der Waals surface area contributed by atoms with Crippen molar-refractivity contribution in [2.45, 2.75) is 45.3 Å². The maximum atomic E-state index is 12.0. The van der Waals surface area contributed by atoms with E-state index in [1.54, 1.807) is 6.07 Å². The van der Waals surface area contributed by atoms with Gasteiger partial charge < -0.3 is 10.1 Å². The molecule has 1 N–H and O–H groups in total. The molecule has 3 heteroatoms. The minimum absolute atomic E-state index is 0.0349. The van der Waals surface area contributed by atoms with Crippen LogP contribution in [0.2, 0.25) is 0 Å². The van der Waals surface area contributed by atoms with Crippen molar-refractivity contribution in [2.75, 3.05) is 0 Å². The van der Waals surface area contributed by atoms with E-state index in [4.69, 9.17) is 4.74 Å². The van der Waals surface area contributed by atoms with E-state index in [2.05, 4.69) is 5.32 Å². The lowest BCUT2D eigenvalue weighted by Gasteiger charge is -2.22. The van der Waals surface area contributed by atoms with E-state index >= 15 is 0 Å². The highest BCUT2D eigenvalue weighted by Gasteiger charge is 2.25. The number of ether oxygens (including phenoxy) is 1. The Morgan fingerprint density at radius 1 is 1.29 bits per heavy atom. The van der Waals surface area contributed by atoms with Gasteiger partial charge in [-0.1, -0.05) is 12.1 Å². The molecule has 92 valence electrons. The molecule has 1 aliphatic rings. The monoisotopic (exact) mass is 233 g/mol. The van der Waals surface area contributed by atoms with Crippen molar-refractivity contribution in [3.05, 3.63) is 29.8 Å². The van der Waals surface area contributed by atoms with Crippen LogP contribution in [0.4, 0.5) is 0 Å². The molecule has 0 unspecified atom stereocenters. The molecule has 1 aromatic rings. The van der Waals surface area contributed by atoms with Gasteiger partial charge in [-0.3, -0.25) is 4.79 Å². The number of benzene rings is 1. The third kappa shape index (κ3) is 3.48. The van der Waals surface area contributed by atoms with Crippen LogP contribution in [-0.2, 0) is 0 Å². The van der Waals surface area contributed by atoms with Crippen molar-refractivity contribution in [2.24, 2.45) is 0 Å². The number of carbonyl (C=O) groups is 1. The Kier molecular flexibility index (Phi) is 3.09. The molecule has 0 heterocycles. The van der Waals surface area contributed by atoms with E-state index in [1.165, 1.54) is 0 Å².